The van der Waals surface area contributed by atoms with Crippen molar-refractivity contribution in [1.29, 1.82) is 0 Å². The zero-order chi connectivity index (χ0) is 15.3. The van der Waals surface area contributed by atoms with Crippen LogP contribution in [0.1, 0.15) is 24.8 Å². The van der Waals surface area contributed by atoms with Gasteiger partial charge in [-0.2, -0.15) is 0 Å². The molecule has 0 spiro atoms. The van der Waals surface area contributed by atoms with E-state index in [1.54, 1.807) is 0 Å². The third kappa shape index (κ3) is 5.26. The Morgan fingerprint density at radius 3 is 2.57 bits per heavy atom. The fourth-order valence-corrected chi connectivity index (χ4v) is 2.20. The smallest absolute Gasteiger partial charge is 0.406 e. The number of rotatable bonds is 4. The Bertz CT molecular complexity index is 468. The van der Waals surface area contributed by atoms with E-state index in [1.165, 1.54) is 24.3 Å². The second-order valence-corrected chi connectivity index (χ2v) is 4.91. The Hall–Kier alpha value is -1.76. The molecule has 1 atom stereocenters. The third-order valence-electron chi connectivity index (χ3n) is 3.25. The summed E-state index contributed by atoms with van der Waals surface area (Å²) in [6.07, 6.45) is -1.79. The highest BCUT2D eigenvalue weighted by atomic mass is 19.4. The average Bonchev–Trinajstić information content (AvgIpc) is 2.45. The van der Waals surface area contributed by atoms with Crippen LogP contribution < -0.4 is 15.4 Å². The van der Waals surface area contributed by atoms with E-state index in [0.29, 0.717) is 5.56 Å². The molecule has 0 aromatic heterocycles. The van der Waals surface area contributed by atoms with Crippen molar-refractivity contribution < 1.29 is 22.7 Å². The van der Waals surface area contributed by atoms with E-state index in [0.717, 1.165) is 25.8 Å². The molecule has 116 valence electrons. The number of ether oxygens (including phenoxy) is 1. The lowest BCUT2D eigenvalue weighted by Gasteiger charge is -2.22. The van der Waals surface area contributed by atoms with Gasteiger partial charge in [0.1, 0.15) is 5.75 Å². The molecule has 1 saturated heterocycles. The first-order chi connectivity index (χ1) is 9.94. The van der Waals surface area contributed by atoms with Crippen LogP contribution in [0, 0.1) is 0 Å². The lowest BCUT2D eigenvalue weighted by atomic mass is 10.0. The molecule has 1 aromatic rings. The maximum Gasteiger partial charge on any atom is 0.573 e. The zero-order valence-electron chi connectivity index (χ0n) is 11.4. The van der Waals surface area contributed by atoms with Gasteiger partial charge in [-0.05, 0) is 37.1 Å². The molecule has 0 bridgehead atoms. The van der Waals surface area contributed by atoms with Gasteiger partial charge in [0.15, 0.2) is 0 Å². The Kier molecular flexibility index (Phi) is 5.06. The maximum atomic E-state index is 12.0. The summed E-state index contributed by atoms with van der Waals surface area (Å²) in [4.78, 5) is 11.9. The van der Waals surface area contributed by atoms with Gasteiger partial charge in [-0.15, -0.1) is 13.2 Å². The van der Waals surface area contributed by atoms with Gasteiger partial charge < -0.3 is 15.4 Å². The molecule has 1 aliphatic heterocycles. The molecule has 1 aromatic carbocycles. The van der Waals surface area contributed by atoms with Crippen molar-refractivity contribution in [2.24, 2.45) is 0 Å². The molecule has 1 amide bonds. The minimum atomic E-state index is -4.69. The monoisotopic (exact) mass is 302 g/mol. The van der Waals surface area contributed by atoms with Crippen LogP contribution in [0.2, 0.25) is 0 Å². The van der Waals surface area contributed by atoms with Gasteiger partial charge in [0, 0.05) is 6.54 Å². The molecule has 2 rings (SSSR count). The van der Waals surface area contributed by atoms with E-state index in [2.05, 4.69) is 15.4 Å². The minimum Gasteiger partial charge on any atom is -0.406 e. The quantitative estimate of drug-likeness (QED) is 0.897. The van der Waals surface area contributed by atoms with E-state index in [4.69, 9.17) is 0 Å². The molecular weight excluding hydrogens is 285 g/mol. The van der Waals surface area contributed by atoms with Gasteiger partial charge in [0.25, 0.3) is 0 Å². The molecule has 0 aliphatic carbocycles. The Morgan fingerprint density at radius 2 is 2.00 bits per heavy atom. The summed E-state index contributed by atoms with van der Waals surface area (Å²) in [5.74, 6) is -0.350. The highest BCUT2D eigenvalue weighted by Gasteiger charge is 2.30. The van der Waals surface area contributed by atoms with Crippen LogP contribution in [-0.2, 0) is 11.3 Å². The number of nitrogens with one attached hydrogen (secondary N) is 2. The molecule has 1 aliphatic rings. The summed E-state index contributed by atoms with van der Waals surface area (Å²) >= 11 is 0. The van der Waals surface area contributed by atoms with Crippen molar-refractivity contribution in [3.8, 4) is 5.75 Å². The third-order valence-corrected chi connectivity index (χ3v) is 3.25. The van der Waals surface area contributed by atoms with Crippen molar-refractivity contribution in [1.82, 2.24) is 10.6 Å². The maximum absolute atomic E-state index is 12.0. The summed E-state index contributed by atoms with van der Waals surface area (Å²) in [5, 5.41) is 5.90. The number of amides is 1. The second kappa shape index (κ2) is 6.80. The predicted octanol–water partition coefficient (Wildman–Crippen LogP) is 2.34. The highest BCUT2D eigenvalue weighted by Crippen LogP contribution is 2.22. The summed E-state index contributed by atoms with van der Waals surface area (Å²) in [5.41, 5.74) is 0.716. The fraction of sp³-hybridized carbons (Fsp3) is 0.500. The zero-order valence-corrected chi connectivity index (χ0v) is 11.4. The number of benzene rings is 1. The van der Waals surface area contributed by atoms with Crippen LogP contribution in [0.25, 0.3) is 0 Å². The van der Waals surface area contributed by atoms with Gasteiger partial charge >= 0.3 is 6.36 Å². The summed E-state index contributed by atoms with van der Waals surface area (Å²) in [7, 11) is 0. The number of halogens is 3. The molecule has 0 unspecified atom stereocenters. The SMILES string of the molecule is O=C(NCc1ccc(OC(F)(F)F)cc1)[C@H]1CCCCN1. The van der Waals surface area contributed by atoms with E-state index in [9.17, 15) is 18.0 Å². The second-order valence-electron chi connectivity index (χ2n) is 4.91. The van der Waals surface area contributed by atoms with Crippen LogP contribution in [0.15, 0.2) is 24.3 Å². The lowest BCUT2D eigenvalue weighted by molar-refractivity contribution is -0.274. The molecule has 1 fully saturated rings. The molecule has 1 heterocycles. The fourth-order valence-electron chi connectivity index (χ4n) is 2.20. The van der Waals surface area contributed by atoms with Gasteiger partial charge in [-0.3, -0.25) is 4.79 Å². The topological polar surface area (TPSA) is 50.4 Å². The summed E-state index contributed by atoms with van der Waals surface area (Å²) < 4.78 is 39.8. The lowest BCUT2D eigenvalue weighted by Crippen LogP contribution is -2.46. The summed E-state index contributed by atoms with van der Waals surface area (Å²) in [6.45, 7) is 1.12. The van der Waals surface area contributed by atoms with E-state index < -0.39 is 6.36 Å². The first-order valence-corrected chi connectivity index (χ1v) is 6.80. The van der Waals surface area contributed by atoms with E-state index in [-0.39, 0.29) is 24.2 Å². The predicted molar refractivity (Wildman–Crippen MR) is 70.6 cm³/mol. The van der Waals surface area contributed by atoms with Crippen molar-refractivity contribution in [2.45, 2.75) is 38.2 Å². The van der Waals surface area contributed by atoms with Gasteiger partial charge in [0.2, 0.25) is 5.91 Å². The number of piperidine rings is 1. The first kappa shape index (κ1) is 15.6. The van der Waals surface area contributed by atoms with Gasteiger partial charge in [0.05, 0.1) is 6.04 Å². The van der Waals surface area contributed by atoms with Gasteiger partial charge in [-0.25, -0.2) is 0 Å². The van der Waals surface area contributed by atoms with Crippen molar-refractivity contribution in [3.05, 3.63) is 29.8 Å². The molecular formula is C14H17F3N2O2. The number of alkyl halides is 3. The normalized spacial score (nSPS) is 19.1. The van der Waals surface area contributed by atoms with Crippen molar-refractivity contribution in [3.63, 3.8) is 0 Å². The summed E-state index contributed by atoms with van der Waals surface area (Å²) in [6, 6.07) is 5.28. The molecule has 0 radical (unpaired) electrons. The van der Waals surface area contributed by atoms with Crippen LogP contribution in [0.4, 0.5) is 13.2 Å². The average molecular weight is 302 g/mol. The van der Waals surface area contributed by atoms with E-state index in [1.807, 2.05) is 0 Å². The molecule has 2 N–H and O–H groups in total. The number of hydrogen-bond donors (Lipinski definition) is 2. The van der Waals surface area contributed by atoms with Crippen LogP contribution in [0.3, 0.4) is 0 Å². The largest absolute Gasteiger partial charge is 0.573 e. The molecule has 21 heavy (non-hydrogen) atoms. The number of carbonyl (C=O) groups is 1. The molecule has 7 heteroatoms. The van der Waals surface area contributed by atoms with E-state index >= 15 is 0 Å². The Morgan fingerprint density at radius 1 is 1.29 bits per heavy atom. The molecule has 4 nitrogen and oxygen atoms in total. The highest BCUT2D eigenvalue weighted by molar-refractivity contribution is 5.81. The Balaban J connectivity index is 1.81. The first-order valence-electron chi connectivity index (χ1n) is 6.80. The van der Waals surface area contributed by atoms with Crippen LogP contribution in [-0.4, -0.2) is 24.9 Å². The number of hydrogen-bond acceptors (Lipinski definition) is 3. The van der Waals surface area contributed by atoms with Crippen LogP contribution >= 0.6 is 0 Å². The standard InChI is InChI=1S/C14H17F3N2O2/c15-14(16,17)21-11-6-4-10(5-7-11)9-19-13(20)12-3-1-2-8-18-12/h4-7,12,18H,1-3,8-9H2,(H,19,20)/t12-/m1/s1. The molecule has 0 saturated carbocycles. The van der Waals surface area contributed by atoms with Crippen molar-refractivity contribution in [2.75, 3.05) is 6.54 Å². The van der Waals surface area contributed by atoms with Crippen molar-refractivity contribution >= 4 is 5.91 Å². The van der Waals surface area contributed by atoms with Crippen LogP contribution in [0.5, 0.6) is 5.75 Å². The number of carbonyl (C=O) groups excluding carboxylic acids is 1. The minimum absolute atomic E-state index is 0.0784. The van der Waals surface area contributed by atoms with Gasteiger partial charge in [-0.1, -0.05) is 18.6 Å². The Labute approximate surface area is 120 Å².